The van der Waals surface area contributed by atoms with Crippen molar-refractivity contribution in [2.75, 3.05) is 5.32 Å². The van der Waals surface area contributed by atoms with Gasteiger partial charge in [0.1, 0.15) is 0 Å². The molecule has 2 heterocycles. The fourth-order valence-corrected chi connectivity index (χ4v) is 2.99. The Bertz CT molecular complexity index is 773. The van der Waals surface area contributed by atoms with Gasteiger partial charge in [-0.1, -0.05) is 11.6 Å². The van der Waals surface area contributed by atoms with E-state index in [9.17, 15) is 4.79 Å². The molecule has 0 saturated heterocycles. The van der Waals surface area contributed by atoms with Crippen molar-refractivity contribution in [3.63, 3.8) is 0 Å². The maximum atomic E-state index is 11.2. The second kappa shape index (κ2) is 4.75. The molecule has 0 radical (unpaired) electrons. The molecule has 0 aliphatic carbocycles. The highest BCUT2D eigenvalue weighted by molar-refractivity contribution is 7.14. The van der Waals surface area contributed by atoms with E-state index in [1.165, 1.54) is 11.3 Å². The minimum Gasteiger partial charge on any atom is -0.378 e. The van der Waals surface area contributed by atoms with Gasteiger partial charge in [0.05, 0.1) is 15.4 Å². The summed E-state index contributed by atoms with van der Waals surface area (Å²) < 4.78 is 0.786. The normalized spacial score (nSPS) is 12.7. The molecule has 2 aromatic heterocycles. The molecule has 0 aliphatic heterocycles. The molecule has 19 heavy (non-hydrogen) atoms. The van der Waals surface area contributed by atoms with E-state index in [1.807, 2.05) is 29.6 Å². The molecule has 98 valence electrons. The third-order valence-corrected chi connectivity index (χ3v) is 4.10. The number of halogens is 1. The Morgan fingerprint density at radius 2 is 2.05 bits per heavy atom. The number of hydrogen-bond donors (Lipinski definition) is 3. The Hall–Kier alpha value is -1.72. The van der Waals surface area contributed by atoms with Crippen molar-refractivity contribution in [2.24, 2.45) is 0 Å². The Morgan fingerprint density at radius 3 is 2.79 bits per heavy atom. The maximum absolute atomic E-state index is 11.2. The monoisotopic (exact) mass is 293 g/mol. The van der Waals surface area contributed by atoms with E-state index < -0.39 is 0 Å². The predicted molar refractivity (Wildman–Crippen MR) is 80.3 cm³/mol. The van der Waals surface area contributed by atoms with Crippen LogP contribution in [0.2, 0.25) is 4.34 Å². The fraction of sp³-hybridized carbons (Fsp3) is 0.154. The van der Waals surface area contributed by atoms with E-state index in [-0.39, 0.29) is 11.7 Å². The van der Waals surface area contributed by atoms with Crippen molar-refractivity contribution in [3.8, 4) is 0 Å². The van der Waals surface area contributed by atoms with Crippen LogP contribution in [0.5, 0.6) is 0 Å². The lowest BCUT2D eigenvalue weighted by atomic mass is 10.1. The van der Waals surface area contributed by atoms with E-state index in [0.717, 1.165) is 26.6 Å². The maximum Gasteiger partial charge on any atom is 0.323 e. The minimum atomic E-state index is -0.190. The summed E-state index contributed by atoms with van der Waals surface area (Å²) in [4.78, 5) is 16.7. The Labute approximate surface area is 118 Å². The van der Waals surface area contributed by atoms with Crippen molar-refractivity contribution in [3.05, 3.63) is 50.0 Å². The molecule has 1 atom stereocenters. The third kappa shape index (κ3) is 2.52. The van der Waals surface area contributed by atoms with Crippen LogP contribution in [0.25, 0.3) is 11.0 Å². The van der Waals surface area contributed by atoms with Gasteiger partial charge in [0.2, 0.25) is 0 Å². The topological polar surface area (TPSA) is 60.7 Å². The van der Waals surface area contributed by atoms with E-state index in [1.54, 1.807) is 0 Å². The first-order valence-electron chi connectivity index (χ1n) is 5.84. The first-order chi connectivity index (χ1) is 9.11. The number of aromatic nitrogens is 2. The van der Waals surface area contributed by atoms with E-state index >= 15 is 0 Å². The van der Waals surface area contributed by atoms with Crippen LogP contribution in [-0.2, 0) is 0 Å². The molecule has 0 saturated carbocycles. The zero-order valence-electron chi connectivity index (χ0n) is 10.2. The van der Waals surface area contributed by atoms with Crippen LogP contribution in [0.1, 0.15) is 18.5 Å². The second-order valence-corrected chi connectivity index (χ2v) is 5.93. The summed E-state index contributed by atoms with van der Waals surface area (Å²) in [5.41, 5.74) is 3.52. The number of hydrogen-bond acceptors (Lipinski definition) is 3. The van der Waals surface area contributed by atoms with Gasteiger partial charge < -0.3 is 15.3 Å². The zero-order chi connectivity index (χ0) is 13.4. The van der Waals surface area contributed by atoms with Gasteiger partial charge in [0.25, 0.3) is 0 Å². The van der Waals surface area contributed by atoms with E-state index in [0.29, 0.717) is 0 Å². The number of benzene rings is 1. The quantitative estimate of drug-likeness (QED) is 0.689. The van der Waals surface area contributed by atoms with Crippen molar-refractivity contribution >= 4 is 39.7 Å². The average molecular weight is 294 g/mol. The molecule has 6 heteroatoms. The lowest BCUT2D eigenvalue weighted by molar-refractivity contribution is 0.891. The van der Waals surface area contributed by atoms with Crippen molar-refractivity contribution < 1.29 is 0 Å². The lowest BCUT2D eigenvalue weighted by Gasteiger charge is -2.13. The van der Waals surface area contributed by atoms with Gasteiger partial charge in [0.15, 0.2) is 0 Å². The summed E-state index contributed by atoms with van der Waals surface area (Å²) in [6, 6.07) is 7.85. The number of imidazole rings is 1. The Kier molecular flexibility index (Phi) is 3.08. The summed E-state index contributed by atoms with van der Waals surface area (Å²) in [7, 11) is 0. The molecular weight excluding hydrogens is 282 g/mol. The molecule has 3 N–H and O–H groups in total. The molecule has 3 aromatic rings. The summed E-state index contributed by atoms with van der Waals surface area (Å²) in [5, 5.41) is 5.42. The number of nitrogens with one attached hydrogen (secondary N) is 3. The highest BCUT2D eigenvalue weighted by Crippen LogP contribution is 2.27. The first-order valence-corrected chi connectivity index (χ1v) is 7.10. The molecule has 1 unspecified atom stereocenters. The highest BCUT2D eigenvalue weighted by Gasteiger charge is 2.08. The Balaban J connectivity index is 1.86. The third-order valence-electron chi connectivity index (χ3n) is 2.99. The first kappa shape index (κ1) is 12.3. The number of thiophene rings is 1. The predicted octanol–water partition coefficient (Wildman–Crippen LogP) is 3.74. The minimum absolute atomic E-state index is 0.159. The molecular formula is C13H12ClN3OS. The van der Waals surface area contributed by atoms with Crippen LogP contribution in [-0.4, -0.2) is 9.97 Å². The molecule has 0 fully saturated rings. The molecule has 0 amide bonds. The van der Waals surface area contributed by atoms with Crippen LogP contribution in [0.15, 0.2) is 34.4 Å². The molecule has 0 bridgehead atoms. The standard InChI is InChI=1S/C13H12ClN3OS/c1-7(8-4-12(14)19-6-8)15-9-2-3-10-11(5-9)17-13(18)16-10/h2-7,15H,1H3,(H2,16,17,18). The van der Waals surface area contributed by atoms with Crippen LogP contribution < -0.4 is 11.0 Å². The van der Waals surface area contributed by atoms with Gasteiger partial charge in [-0.15, -0.1) is 11.3 Å². The van der Waals surface area contributed by atoms with Crippen molar-refractivity contribution in [1.82, 2.24) is 9.97 Å². The molecule has 0 spiro atoms. The Morgan fingerprint density at radius 1 is 1.26 bits per heavy atom. The van der Waals surface area contributed by atoms with Crippen molar-refractivity contribution in [2.45, 2.75) is 13.0 Å². The van der Waals surface area contributed by atoms with Gasteiger partial charge in [-0.2, -0.15) is 0 Å². The molecule has 0 aliphatic rings. The van der Waals surface area contributed by atoms with Gasteiger partial charge in [-0.3, -0.25) is 0 Å². The average Bonchev–Trinajstić information content (AvgIpc) is 2.93. The summed E-state index contributed by atoms with van der Waals surface area (Å²) in [6.45, 7) is 2.07. The fourth-order valence-electron chi connectivity index (χ4n) is 2.01. The van der Waals surface area contributed by atoms with Crippen LogP contribution >= 0.6 is 22.9 Å². The lowest BCUT2D eigenvalue weighted by Crippen LogP contribution is -2.05. The number of H-pyrrole nitrogens is 2. The molecule has 3 rings (SSSR count). The van der Waals surface area contributed by atoms with Gasteiger partial charge in [-0.05, 0) is 42.1 Å². The van der Waals surface area contributed by atoms with E-state index in [2.05, 4.69) is 22.2 Å². The van der Waals surface area contributed by atoms with Crippen LogP contribution in [0.4, 0.5) is 5.69 Å². The van der Waals surface area contributed by atoms with Crippen LogP contribution in [0.3, 0.4) is 0 Å². The van der Waals surface area contributed by atoms with Gasteiger partial charge in [0, 0.05) is 11.7 Å². The number of anilines is 1. The summed E-state index contributed by atoms with van der Waals surface area (Å²) in [5.74, 6) is 0. The molecule has 4 nitrogen and oxygen atoms in total. The summed E-state index contributed by atoms with van der Waals surface area (Å²) in [6.07, 6.45) is 0. The highest BCUT2D eigenvalue weighted by atomic mass is 35.5. The summed E-state index contributed by atoms with van der Waals surface area (Å²) >= 11 is 7.46. The largest absolute Gasteiger partial charge is 0.378 e. The van der Waals surface area contributed by atoms with E-state index in [4.69, 9.17) is 11.6 Å². The number of fused-ring (bicyclic) bond motifs is 1. The number of aromatic amines is 2. The second-order valence-electron chi connectivity index (χ2n) is 4.39. The van der Waals surface area contributed by atoms with Crippen LogP contribution in [0, 0.1) is 0 Å². The SMILES string of the molecule is CC(Nc1ccc2[nH]c(=O)[nH]c2c1)c1csc(Cl)c1. The zero-order valence-corrected chi connectivity index (χ0v) is 11.7. The number of rotatable bonds is 3. The van der Waals surface area contributed by atoms with Gasteiger partial charge >= 0.3 is 5.69 Å². The smallest absolute Gasteiger partial charge is 0.323 e. The van der Waals surface area contributed by atoms with Crippen molar-refractivity contribution in [1.29, 1.82) is 0 Å². The molecule has 1 aromatic carbocycles. The van der Waals surface area contributed by atoms with Gasteiger partial charge in [-0.25, -0.2) is 4.79 Å².